The minimum Gasteiger partial charge on any atom is -0.376 e. The van der Waals surface area contributed by atoms with Crippen molar-refractivity contribution in [3.63, 3.8) is 0 Å². The van der Waals surface area contributed by atoms with Crippen LogP contribution in [0.15, 0.2) is 48.8 Å². The summed E-state index contributed by atoms with van der Waals surface area (Å²) in [6.45, 7) is 9.03. The zero-order valence-corrected chi connectivity index (χ0v) is 32.3. The molecule has 0 radical (unpaired) electrons. The van der Waals surface area contributed by atoms with Crippen LogP contribution in [0, 0.1) is 55.3 Å². The fourth-order valence-corrected chi connectivity index (χ4v) is 8.46. The van der Waals surface area contributed by atoms with Gasteiger partial charge in [0, 0.05) is 40.7 Å². The largest absolute Gasteiger partial charge is 0.376 e. The Bertz CT molecular complexity index is 2100. The topological polar surface area (TPSA) is 128 Å². The molecule has 5 heterocycles. The molecule has 2 aromatic carbocycles. The smallest absolute Gasteiger partial charge is 0.311 e. The second kappa shape index (κ2) is 17.0. The van der Waals surface area contributed by atoms with Crippen LogP contribution in [0.25, 0.3) is 22.5 Å². The number of carbonyl (C=O) groups excluding carboxylic acids is 1. The van der Waals surface area contributed by atoms with Crippen molar-refractivity contribution in [3.8, 4) is 46.2 Å². The van der Waals surface area contributed by atoms with E-state index in [4.69, 9.17) is 9.47 Å². The van der Waals surface area contributed by atoms with Gasteiger partial charge in [-0.15, -0.1) is 10.2 Å². The van der Waals surface area contributed by atoms with E-state index in [2.05, 4.69) is 105 Å². The number of nitrogens with zero attached hydrogens (tertiary/aromatic N) is 7. The van der Waals surface area contributed by atoms with Gasteiger partial charge in [-0.3, -0.25) is 10.6 Å². The van der Waals surface area contributed by atoms with Gasteiger partial charge in [-0.05, 0) is 120 Å². The van der Waals surface area contributed by atoms with Crippen LogP contribution in [0.1, 0.15) is 80.0 Å². The third kappa shape index (κ3) is 9.42. The van der Waals surface area contributed by atoms with E-state index in [1.165, 1.54) is 6.42 Å². The maximum absolute atomic E-state index is 11.5. The molecule has 3 N–H and O–H groups in total. The number of rotatable bonds is 9. The molecule has 1 saturated carbocycles. The van der Waals surface area contributed by atoms with Gasteiger partial charge in [0.05, 0.1) is 56.3 Å². The van der Waals surface area contributed by atoms with Crippen molar-refractivity contribution in [1.82, 2.24) is 34.9 Å². The zero-order valence-electron chi connectivity index (χ0n) is 32.3. The SMILES string of the molecule is Cc1cc(C#CC2CC2C2CCC[C@H](Cn3cc(-c4ccc(C#CCN5CCC(C([NH3+])=O)CC5)cc4C)nn3)O2)ccc1-c1cn(C[C@H]2CCCCO2)nn1. The predicted octanol–water partition coefficient (Wildman–Crippen LogP) is 4.85. The molecular weight excluding hydrogens is 689 g/mol. The second-order valence-electron chi connectivity index (χ2n) is 16.0. The number of piperidine rings is 1. The van der Waals surface area contributed by atoms with Gasteiger partial charge >= 0.3 is 5.91 Å². The second-order valence-corrected chi connectivity index (χ2v) is 16.0. The van der Waals surface area contributed by atoms with Gasteiger partial charge in [-0.2, -0.15) is 0 Å². The van der Waals surface area contributed by atoms with E-state index in [9.17, 15) is 4.79 Å². The highest BCUT2D eigenvalue weighted by Crippen LogP contribution is 2.45. The molecule has 1 aliphatic carbocycles. The van der Waals surface area contributed by atoms with Crippen LogP contribution in [0.4, 0.5) is 0 Å². The Morgan fingerprint density at radius 1 is 0.818 bits per heavy atom. The van der Waals surface area contributed by atoms with Crippen LogP contribution < -0.4 is 5.73 Å². The highest BCUT2D eigenvalue weighted by atomic mass is 16.5. The van der Waals surface area contributed by atoms with E-state index in [0.29, 0.717) is 24.9 Å². The van der Waals surface area contributed by atoms with Crippen molar-refractivity contribution in [2.45, 2.75) is 103 Å². The van der Waals surface area contributed by atoms with Crippen molar-refractivity contribution in [2.24, 2.45) is 17.8 Å². The minimum atomic E-state index is 0.0655. The number of likely N-dealkylation sites (tertiary alicyclic amines) is 1. The summed E-state index contributed by atoms with van der Waals surface area (Å²) in [6.07, 6.45) is 14.2. The van der Waals surface area contributed by atoms with Crippen LogP contribution in [-0.2, 0) is 27.4 Å². The van der Waals surface area contributed by atoms with Crippen molar-refractivity contribution >= 4 is 5.91 Å². The molecule has 4 fully saturated rings. The molecule has 4 aromatic rings. The van der Waals surface area contributed by atoms with E-state index in [-0.39, 0.29) is 30.1 Å². The lowest BCUT2D eigenvalue weighted by Gasteiger charge is -2.30. The maximum atomic E-state index is 11.5. The number of amides is 1. The number of quaternary nitrogens is 1. The summed E-state index contributed by atoms with van der Waals surface area (Å²) < 4.78 is 16.4. The van der Waals surface area contributed by atoms with Gasteiger partial charge in [-0.25, -0.2) is 14.2 Å². The van der Waals surface area contributed by atoms with Gasteiger partial charge in [-0.1, -0.05) is 46.2 Å². The van der Waals surface area contributed by atoms with Crippen molar-refractivity contribution in [2.75, 3.05) is 26.2 Å². The molecule has 3 unspecified atom stereocenters. The van der Waals surface area contributed by atoms with E-state index < -0.39 is 0 Å². The molecule has 8 rings (SSSR count). The molecule has 3 saturated heterocycles. The summed E-state index contributed by atoms with van der Waals surface area (Å²) in [4.78, 5) is 13.9. The number of aryl methyl sites for hydroxylation is 2. The van der Waals surface area contributed by atoms with Gasteiger partial charge < -0.3 is 9.47 Å². The number of ether oxygens (including phenoxy) is 2. The third-order valence-corrected chi connectivity index (χ3v) is 11.8. The molecular formula is C44H53N8O3+. The molecule has 286 valence electrons. The number of benzene rings is 2. The van der Waals surface area contributed by atoms with Crippen LogP contribution in [0.2, 0.25) is 0 Å². The number of hydrogen-bond donors (Lipinski definition) is 1. The number of carbonyl (C=O) groups is 1. The summed E-state index contributed by atoms with van der Waals surface area (Å²) in [5, 5.41) is 17.8. The average Bonchev–Trinajstić information content (AvgIpc) is 3.58. The Balaban J connectivity index is 0.808. The lowest BCUT2D eigenvalue weighted by Crippen LogP contribution is -2.61. The van der Waals surface area contributed by atoms with Gasteiger partial charge in [0.25, 0.3) is 0 Å². The Morgan fingerprint density at radius 3 is 2.11 bits per heavy atom. The van der Waals surface area contributed by atoms with Gasteiger partial charge in [0.2, 0.25) is 0 Å². The lowest BCUT2D eigenvalue weighted by atomic mass is 9.96. The zero-order chi connectivity index (χ0) is 37.7. The summed E-state index contributed by atoms with van der Waals surface area (Å²) in [5.74, 6) is 14.7. The lowest BCUT2D eigenvalue weighted by molar-refractivity contribution is -0.312. The molecule has 55 heavy (non-hydrogen) atoms. The Hall–Kier alpha value is -4.65. The maximum Gasteiger partial charge on any atom is 0.311 e. The van der Waals surface area contributed by atoms with E-state index in [0.717, 1.165) is 122 Å². The third-order valence-electron chi connectivity index (χ3n) is 11.8. The Labute approximate surface area is 324 Å². The molecule has 1 amide bonds. The molecule has 0 spiro atoms. The molecule has 11 heteroatoms. The van der Waals surface area contributed by atoms with Crippen molar-refractivity contribution in [1.29, 1.82) is 0 Å². The molecule has 11 nitrogen and oxygen atoms in total. The average molecular weight is 742 g/mol. The van der Waals surface area contributed by atoms with E-state index in [1.807, 2.05) is 21.8 Å². The Kier molecular flexibility index (Phi) is 11.5. The standard InChI is InChI=1S/C44H52N8O3/c1-30-23-32(7-6-19-50-20-17-34(18-21-50)44(45)53)12-15-38(30)42-29-52(49-47-42)27-37-9-5-10-43(55-37)40-25-35(40)14-11-33-13-16-39(31(2)24-33)41-28-51(48-46-41)26-36-8-3-4-22-54-36/h12-13,15-16,23-24,28-29,34-37,40,43H,3-5,8-10,17-22,25-27H2,1-2H3,(H2,45,53)/p+1/t35?,36-,37-,40?,43?/m1/s1. The summed E-state index contributed by atoms with van der Waals surface area (Å²) in [7, 11) is 0. The molecule has 0 bridgehead atoms. The first-order valence-electron chi connectivity index (χ1n) is 20.2. The Morgan fingerprint density at radius 2 is 1.47 bits per heavy atom. The highest BCUT2D eigenvalue weighted by Gasteiger charge is 2.44. The first-order valence-corrected chi connectivity index (χ1v) is 20.2. The van der Waals surface area contributed by atoms with Gasteiger partial charge in [0.1, 0.15) is 11.4 Å². The minimum absolute atomic E-state index is 0.0655. The summed E-state index contributed by atoms with van der Waals surface area (Å²) in [6, 6.07) is 12.7. The highest BCUT2D eigenvalue weighted by molar-refractivity contribution is 5.68. The normalized spacial score (nSPS) is 24.4. The van der Waals surface area contributed by atoms with Crippen molar-refractivity contribution in [3.05, 3.63) is 71.0 Å². The van der Waals surface area contributed by atoms with Crippen LogP contribution in [0.5, 0.6) is 0 Å². The van der Waals surface area contributed by atoms with Crippen LogP contribution in [-0.4, -0.2) is 85.3 Å². The first kappa shape index (κ1) is 37.3. The van der Waals surface area contributed by atoms with Gasteiger partial charge in [0.15, 0.2) is 0 Å². The molecule has 2 aromatic heterocycles. The number of aromatic nitrogens is 6. The fraction of sp³-hybridized carbons (Fsp3) is 0.523. The molecule has 4 aliphatic rings. The quantitative estimate of drug-likeness (QED) is 0.242. The molecule has 3 aliphatic heterocycles. The predicted molar refractivity (Wildman–Crippen MR) is 209 cm³/mol. The summed E-state index contributed by atoms with van der Waals surface area (Å²) >= 11 is 0. The van der Waals surface area contributed by atoms with Crippen molar-refractivity contribution < 1.29 is 20.0 Å². The fourth-order valence-electron chi connectivity index (χ4n) is 8.46. The first-order chi connectivity index (χ1) is 26.8. The van der Waals surface area contributed by atoms with E-state index >= 15 is 0 Å². The van der Waals surface area contributed by atoms with E-state index in [1.54, 1.807) is 0 Å². The summed E-state index contributed by atoms with van der Waals surface area (Å²) in [5.41, 5.74) is 11.8. The monoisotopic (exact) mass is 741 g/mol. The molecule has 5 atom stereocenters. The number of hydrogen-bond acceptors (Lipinski definition) is 8. The van der Waals surface area contributed by atoms with Crippen LogP contribution in [0.3, 0.4) is 0 Å². The van der Waals surface area contributed by atoms with Crippen LogP contribution >= 0.6 is 0 Å².